The second-order valence-electron chi connectivity index (χ2n) is 6.03. The quantitative estimate of drug-likeness (QED) is 0.856. The van der Waals surface area contributed by atoms with Gasteiger partial charge in [0, 0.05) is 19.7 Å². The van der Waals surface area contributed by atoms with E-state index in [1.807, 2.05) is 18.2 Å². The molecule has 1 saturated carbocycles. The molecule has 1 aromatic rings. The Hall–Kier alpha value is -1.71. The Balaban J connectivity index is 1.97. The van der Waals surface area contributed by atoms with Crippen molar-refractivity contribution in [1.29, 1.82) is 0 Å². The van der Waals surface area contributed by atoms with Crippen molar-refractivity contribution in [3.63, 3.8) is 0 Å². The monoisotopic (exact) mass is 274 g/mol. The molecule has 1 fully saturated rings. The maximum Gasteiger partial charge on any atom is 0.232 e. The summed E-state index contributed by atoms with van der Waals surface area (Å²) in [5.41, 5.74) is 1.71. The number of methoxy groups -OCH3 is 1. The van der Waals surface area contributed by atoms with Crippen LogP contribution in [0.15, 0.2) is 18.2 Å². The number of hydrogen-bond acceptors (Lipinski definition) is 3. The second-order valence-corrected chi connectivity index (χ2v) is 6.03. The summed E-state index contributed by atoms with van der Waals surface area (Å²) in [6, 6.07) is 5.88. The Bertz CT molecular complexity index is 521. The van der Waals surface area contributed by atoms with Gasteiger partial charge in [-0.2, -0.15) is 0 Å². The molecule has 0 bridgehead atoms. The highest BCUT2D eigenvalue weighted by Gasteiger charge is 2.42. The van der Waals surface area contributed by atoms with Gasteiger partial charge in [-0.1, -0.05) is 19.3 Å². The molecule has 1 aromatic carbocycles. The summed E-state index contributed by atoms with van der Waals surface area (Å²) in [5, 5.41) is 3.13. The number of carbonyl (C=O) groups excluding carboxylic acids is 1. The van der Waals surface area contributed by atoms with Crippen LogP contribution in [-0.4, -0.2) is 26.6 Å². The van der Waals surface area contributed by atoms with E-state index in [4.69, 9.17) is 4.74 Å². The molecule has 0 saturated heterocycles. The van der Waals surface area contributed by atoms with Crippen LogP contribution < -0.4 is 15.0 Å². The first-order valence-corrected chi connectivity index (χ1v) is 7.35. The molecule has 1 aliphatic carbocycles. The van der Waals surface area contributed by atoms with E-state index in [1.54, 1.807) is 7.11 Å². The van der Waals surface area contributed by atoms with Crippen molar-refractivity contribution in [1.82, 2.24) is 0 Å². The van der Waals surface area contributed by atoms with Crippen LogP contribution in [0.3, 0.4) is 0 Å². The molecule has 0 aromatic heterocycles. The van der Waals surface area contributed by atoms with E-state index in [1.165, 1.54) is 6.42 Å². The van der Waals surface area contributed by atoms with E-state index >= 15 is 0 Å². The number of nitrogens with zero attached hydrogens (tertiary/aromatic N) is 1. The lowest BCUT2D eigenvalue weighted by molar-refractivity contribution is -0.126. The summed E-state index contributed by atoms with van der Waals surface area (Å²) in [6.45, 7) is 0.804. The second kappa shape index (κ2) is 5.00. The third kappa shape index (κ3) is 2.13. The summed E-state index contributed by atoms with van der Waals surface area (Å²) >= 11 is 0. The molecule has 108 valence electrons. The first-order valence-electron chi connectivity index (χ1n) is 7.35. The number of anilines is 2. The van der Waals surface area contributed by atoms with Gasteiger partial charge in [-0.15, -0.1) is 0 Å². The van der Waals surface area contributed by atoms with Crippen molar-refractivity contribution < 1.29 is 9.53 Å². The van der Waals surface area contributed by atoms with Gasteiger partial charge in [0.25, 0.3) is 0 Å². The van der Waals surface area contributed by atoms with Crippen LogP contribution in [-0.2, 0) is 4.79 Å². The van der Waals surface area contributed by atoms with E-state index in [0.717, 1.165) is 49.4 Å². The van der Waals surface area contributed by atoms with Crippen LogP contribution in [0.2, 0.25) is 0 Å². The number of hydrogen-bond donors (Lipinski definition) is 1. The predicted molar refractivity (Wildman–Crippen MR) is 80.4 cm³/mol. The van der Waals surface area contributed by atoms with Crippen molar-refractivity contribution in [2.24, 2.45) is 5.41 Å². The maximum atomic E-state index is 12.7. The Morgan fingerprint density at radius 3 is 2.70 bits per heavy atom. The first-order chi connectivity index (χ1) is 9.64. The number of ether oxygens (including phenoxy) is 1. The molecule has 1 spiro atoms. The van der Waals surface area contributed by atoms with Gasteiger partial charge in [0.2, 0.25) is 5.91 Å². The zero-order chi connectivity index (χ0) is 14.2. The van der Waals surface area contributed by atoms with Gasteiger partial charge in [-0.3, -0.25) is 4.79 Å². The van der Waals surface area contributed by atoms with Gasteiger partial charge >= 0.3 is 0 Å². The van der Waals surface area contributed by atoms with E-state index in [9.17, 15) is 4.79 Å². The molecule has 2 aliphatic rings. The molecular weight excluding hydrogens is 252 g/mol. The number of carbonyl (C=O) groups is 1. The first kappa shape index (κ1) is 13.3. The molecule has 1 heterocycles. The molecule has 0 atom stereocenters. The van der Waals surface area contributed by atoms with Crippen LogP contribution in [0.4, 0.5) is 11.4 Å². The van der Waals surface area contributed by atoms with E-state index in [2.05, 4.69) is 17.3 Å². The molecule has 4 heteroatoms. The summed E-state index contributed by atoms with van der Waals surface area (Å²) in [4.78, 5) is 14.9. The minimum atomic E-state index is -0.223. The van der Waals surface area contributed by atoms with Gasteiger partial charge in [0.15, 0.2) is 0 Å². The molecular formula is C16H22N2O2. The van der Waals surface area contributed by atoms with Crippen LogP contribution in [0.25, 0.3) is 0 Å². The molecule has 1 amide bonds. The lowest BCUT2D eigenvalue weighted by Crippen LogP contribution is -2.44. The Morgan fingerprint density at radius 2 is 2.00 bits per heavy atom. The standard InChI is InChI=1S/C16H22N2O2/c1-18-11-16(8-4-3-5-9-16)15(19)17-13-10-12(20-2)6-7-14(13)18/h6-7,10H,3-5,8-9,11H2,1-2H3,(H,17,19). The van der Waals surface area contributed by atoms with Crippen LogP contribution in [0, 0.1) is 5.41 Å². The number of benzene rings is 1. The molecule has 1 N–H and O–H groups in total. The highest BCUT2D eigenvalue weighted by Crippen LogP contribution is 2.43. The van der Waals surface area contributed by atoms with Gasteiger partial charge < -0.3 is 15.0 Å². The largest absolute Gasteiger partial charge is 0.497 e. The molecule has 20 heavy (non-hydrogen) atoms. The van der Waals surface area contributed by atoms with Gasteiger partial charge in [0.05, 0.1) is 23.9 Å². The zero-order valence-electron chi connectivity index (χ0n) is 12.2. The molecule has 3 rings (SSSR count). The fourth-order valence-corrected chi connectivity index (χ4v) is 3.55. The van der Waals surface area contributed by atoms with E-state index in [0.29, 0.717) is 0 Å². The van der Waals surface area contributed by atoms with Crippen molar-refractivity contribution in [3.05, 3.63) is 18.2 Å². The molecule has 0 unspecified atom stereocenters. The number of amides is 1. The predicted octanol–water partition coefficient (Wildman–Crippen LogP) is 3.03. The maximum absolute atomic E-state index is 12.7. The SMILES string of the molecule is COc1ccc2c(c1)NC(=O)C1(CCCCC1)CN2C. The van der Waals surface area contributed by atoms with Gasteiger partial charge in [-0.05, 0) is 25.0 Å². The third-order valence-electron chi connectivity index (χ3n) is 4.70. The fraction of sp³-hybridized carbons (Fsp3) is 0.562. The number of rotatable bonds is 1. The highest BCUT2D eigenvalue weighted by atomic mass is 16.5. The zero-order valence-corrected chi connectivity index (χ0v) is 12.2. The van der Waals surface area contributed by atoms with Gasteiger partial charge in [-0.25, -0.2) is 0 Å². The molecule has 0 radical (unpaired) electrons. The third-order valence-corrected chi connectivity index (χ3v) is 4.70. The average Bonchev–Trinajstić information content (AvgIpc) is 2.56. The minimum Gasteiger partial charge on any atom is -0.497 e. The van der Waals surface area contributed by atoms with Crippen molar-refractivity contribution in [2.75, 3.05) is 30.9 Å². The summed E-state index contributed by atoms with van der Waals surface area (Å²) in [5.74, 6) is 0.952. The Kier molecular flexibility index (Phi) is 3.32. The van der Waals surface area contributed by atoms with E-state index in [-0.39, 0.29) is 11.3 Å². The van der Waals surface area contributed by atoms with Crippen LogP contribution in [0.5, 0.6) is 5.75 Å². The van der Waals surface area contributed by atoms with Crippen LogP contribution >= 0.6 is 0 Å². The van der Waals surface area contributed by atoms with Gasteiger partial charge in [0.1, 0.15) is 5.75 Å². The molecule has 1 aliphatic heterocycles. The smallest absolute Gasteiger partial charge is 0.232 e. The summed E-state index contributed by atoms with van der Waals surface area (Å²) in [6.07, 6.45) is 5.55. The Labute approximate surface area is 120 Å². The average molecular weight is 274 g/mol. The normalized spacial score (nSPS) is 21.1. The van der Waals surface area contributed by atoms with Crippen molar-refractivity contribution in [3.8, 4) is 5.75 Å². The number of fused-ring (bicyclic) bond motifs is 1. The van der Waals surface area contributed by atoms with Crippen molar-refractivity contribution >= 4 is 17.3 Å². The fourth-order valence-electron chi connectivity index (χ4n) is 3.55. The summed E-state index contributed by atoms with van der Waals surface area (Å²) in [7, 11) is 3.72. The summed E-state index contributed by atoms with van der Waals surface area (Å²) < 4.78 is 5.26. The van der Waals surface area contributed by atoms with Crippen LogP contribution in [0.1, 0.15) is 32.1 Å². The lowest BCUT2D eigenvalue weighted by atomic mass is 9.73. The molecule has 4 nitrogen and oxygen atoms in total. The minimum absolute atomic E-state index is 0.177. The highest BCUT2D eigenvalue weighted by molar-refractivity contribution is 6.00. The number of nitrogens with one attached hydrogen (secondary N) is 1. The Morgan fingerprint density at radius 1 is 1.25 bits per heavy atom. The van der Waals surface area contributed by atoms with E-state index < -0.39 is 0 Å². The van der Waals surface area contributed by atoms with Crippen molar-refractivity contribution in [2.45, 2.75) is 32.1 Å². The lowest BCUT2D eigenvalue weighted by Gasteiger charge is -2.36. The topological polar surface area (TPSA) is 41.6 Å².